The van der Waals surface area contributed by atoms with Gasteiger partial charge in [0.2, 0.25) is 10.0 Å². The molecule has 0 aliphatic carbocycles. The molecule has 1 saturated heterocycles. The number of nitrogens with zero attached hydrogens (tertiary/aromatic N) is 2. The minimum atomic E-state index is -3.54. The fraction of sp³-hybridized carbons (Fsp3) is 0.304. The van der Waals surface area contributed by atoms with Crippen LogP contribution in [0.5, 0.6) is 5.75 Å². The van der Waals surface area contributed by atoms with Gasteiger partial charge < -0.3 is 10.4 Å². The monoisotopic (exact) mass is 454 g/mol. The molecule has 0 saturated carbocycles. The first kappa shape index (κ1) is 22.0. The minimum Gasteiger partial charge on any atom is -0.507 e. The van der Waals surface area contributed by atoms with Crippen molar-refractivity contribution in [3.63, 3.8) is 0 Å². The number of anilines is 1. The molecular weight excluding hydrogens is 428 g/mol. The van der Waals surface area contributed by atoms with Crippen LogP contribution in [0.15, 0.2) is 53.4 Å². The number of hydrogen-bond acceptors (Lipinski definition) is 5. The highest BCUT2D eigenvalue weighted by atomic mass is 32.2. The van der Waals surface area contributed by atoms with Crippen molar-refractivity contribution in [2.24, 2.45) is 0 Å². The summed E-state index contributed by atoms with van der Waals surface area (Å²) in [6, 6.07) is 13.1. The molecule has 0 atom stereocenters. The number of amides is 1. The summed E-state index contributed by atoms with van der Waals surface area (Å²) in [5.74, 6) is -0.300. The number of H-pyrrole nitrogens is 1. The number of rotatable bonds is 5. The topological polar surface area (TPSA) is 115 Å². The van der Waals surface area contributed by atoms with Crippen molar-refractivity contribution in [2.75, 3.05) is 18.4 Å². The second-order valence-corrected chi connectivity index (χ2v) is 9.87. The Hall–Kier alpha value is -3.17. The van der Waals surface area contributed by atoms with E-state index in [1.54, 1.807) is 47.6 Å². The molecule has 8 nitrogen and oxygen atoms in total. The quantitative estimate of drug-likeness (QED) is 0.541. The molecule has 0 spiro atoms. The fourth-order valence-electron chi connectivity index (χ4n) is 3.78. The van der Waals surface area contributed by atoms with Crippen LogP contribution in [0, 0.1) is 6.92 Å². The van der Waals surface area contributed by atoms with Crippen molar-refractivity contribution >= 4 is 21.6 Å². The van der Waals surface area contributed by atoms with Crippen LogP contribution in [0.25, 0.3) is 11.3 Å². The van der Waals surface area contributed by atoms with Gasteiger partial charge >= 0.3 is 0 Å². The molecule has 4 rings (SSSR count). The van der Waals surface area contributed by atoms with Gasteiger partial charge in [0.25, 0.3) is 5.91 Å². The number of nitrogens with one attached hydrogen (secondary N) is 2. The molecule has 1 aliphatic rings. The predicted molar refractivity (Wildman–Crippen MR) is 122 cm³/mol. The third kappa shape index (κ3) is 4.53. The highest BCUT2D eigenvalue weighted by molar-refractivity contribution is 7.89. The number of sulfonamides is 1. The molecule has 1 fully saturated rings. The van der Waals surface area contributed by atoms with E-state index in [1.165, 1.54) is 12.1 Å². The molecule has 1 amide bonds. The first-order valence-corrected chi connectivity index (χ1v) is 12.1. The van der Waals surface area contributed by atoms with E-state index in [0.717, 1.165) is 25.7 Å². The summed E-state index contributed by atoms with van der Waals surface area (Å²) < 4.78 is 27.3. The Morgan fingerprint density at radius 1 is 1.06 bits per heavy atom. The summed E-state index contributed by atoms with van der Waals surface area (Å²) in [5, 5.41) is 19.8. The Bertz CT molecular complexity index is 1210. The van der Waals surface area contributed by atoms with E-state index in [4.69, 9.17) is 0 Å². The Kier molecular flexibility index (Phi) is 6.29. The Morgan fingerprint density at radius 2 is 1.75 bits per heavy atom. The van der Waals surface area contributed by atoms with E-state index in [0.29, 0.717) is 35.6 Å². The van der Waals surface area contributed by atoms with Gasteiger partial charge in [-0.1, -0.05) is 25.0 Å². The summed E-state index contributed by atoms with van der Waals surface area (Å²) >= 11 is 0. The molecular formula is C23H26N4O4S. The number of para-hydroxylation sites is 1. The number of hydrogen-bond donors (Lipinski definition) is 3. The largest absolute Gasteiger partial charge is 0.507 e. The number of aromatic nitrogens is 2. The van der Waals surface area contributed by atoms with Crippen LogP contribution in [0.2, 0.25) is 0 Å². The SMILES string of the molecule is Cc1cccc(-c2cc(C(=O)Nc3ccc(S(=O)(=O)N4CCCCCC4)cc3)[nH]n2)c1O. The molecule has 3 N–H and O–H groups in total. The van der Waals surface area contributed by atoms with Gasteiger partial charge in [0.05, 0.1) is 10.6 Å². The molecule has 1 aromatic heterocycles. The molecule has 0 unspecified atom stereocenters. The molecule has 0 bridgehead atoms. The van der Waals surface area contributed by atoms with Crippen molar-refractivity contribution < 1.29 is 18.3 Å². The Morgan fingerprint density at radius 3 is 2.44 bits per heavy atom. The van der Waals surface area contributed by atoms with Crippen LogP contribution in [0.1, 0.15) is 41.7 Å². The van der Waals surface area contributed by atoms with E-state index in [-0.39, 0.29) is 16.3 Å². The molecule has 3 aromatic rings. The van der Waals surface area contributed by atoms with Crippen LogP contribution in [0.4, 0.5) is 5.69 Å². The maximum absolute atomic E-state index is 12.9. The third-order valence-corrected chi connectivity index (χ3v) is 7.56. The van der Waals surface area contributed by atoms with Crippen molar-refractivity contribution in [2.45, 2.75) is 37.5 Å². The van der Waals surface area contributed by atoms with Crippen LogP contribution in [0.3, 0.4) is 0 Å². The van der Waals surface area contributed by atoms with Crippen molar-refractivity contribution in [3.05, 3.63) is 59.8 Å². The number of aromatic hydroxyl groups is 1. The maximum atomic E-state index is 12.9. The second-order valence-electron chi connectivity index (χ2n) is 7.93. The lowest BCUT2D eigenvalue weighted by molar-refractivity contribution is 0.102. The zero-order valence-corrected chi connectivity index (χ0v) is 18.7. The lowest BCUT2D eigenvalue weighted by atomic mass is 10.1. The van der Waals surface area contributed by atoms with E-state index in [1.807, 2.05) is 0 Å². The van der Waals surface area contributed by atoms with Crippen LogP contribution in [-0.4, -0.2) is 47.0 Å². The lowest BCUT2D eigenvalue weighted by Gasteiger charge is -2.20. The van der Waals surface area contributed by atoms with Gasteiger partial charge in [0.1, 0.15) is 11.4 Å². The zero-order chi connectivity index (χ0) is 22.7. The Labute approximate surface area is 187 Å². The average molecular weight is 455 g/mol. The first-order chi connectivity index (χ1) is 15.4. The van der Waals surface area contributed by atoms with Gasteiger partial charge in [0.15, 0.2) is 0 Å². The molecule has 2 heterocycles. The van der Waals surface area contributed by atoms with Crippen LogP contribution < -0.4 is 5.32 Å². The van der Waals surface area contributed by atoms with Gasteiger partial charge in [-0.15, -0.1) is 0 Å². The molecule has 1 aliphatic heterocycles. The predicted octanol–water partition coefficient (Wildman–Crippen LogP) is 3.91. The van der Waals surface area contributed by atoms with Crippen LogP contribution >= 0.6 is 0 Å². The summed E-state index contributed by atoms with van der Waals surface area (Å²) in [6.07, 6.45) is 3.85. The summed E-state index contributed by atoms with van der Waals surface area (Å²) in [7, 11) is -3.54. The van der Waals surface area contributed by atoms with E-state index in [9.17, 15) is 18.3 Å². The number of aryl methyl sites for hydroxylation is 1. The van der Waals surface area contributed by atoms with Gasteiger partial charge in [-0.05, 0) is 61.7 Å². The lowest BCUT2D eigenvalue weighted by Crippen LogP contribution is -2.31. The highest BCUT2D eigenvalue weighted by Gasteiger charge is 2.25. The fourth-order valence-corrected chi connectivity index (χ4v) is 5.30. The van der Waals surface area contributed by atoms with Crippen LogP contribution in [-0.2, 0) is 10.0 Å². The van der Waals surface area contributed by atoms with E-state index >= 15 is 0 Å². The van der Waals surface area contributed by atoms with Gasteiger partial charge in [-0.3, -0.25) is 9.89 Å². The van der Waals surface area contributed by atoms with Gasteiger partial charge in [0, 0.05) is 24.3 Å². The number of carbonyl (C=O) groups is 1. The van der Waals surface area contributed by atoms with E-state index in [2.05, 4.69) is 15.5 Å². The van der Waals surface area contributed by atoms with Crippen molar-refractivity contribution in [1.82, 2.24) is 14.5 Å². The summed E-state index contributed by atoms with van der Waals surface area (Å²) in [5.41, 5.74) is 2.40. The molecule has 0 radical (unpaired) electrons. The number of aromatic amines is 1. The molecule has 2 aromatic carbocycles. The highest BCUT2D eigenvalue weighted by Crippen LogP contribution is 2.30. The normalized spacial score (nSPS) is 15.3. The number of carbonyl (C=O) groups excluding carboxylic acids is 1. The summed E-state index contributed by atoms with van der Waals surface area (Å²) in [4.78, 5) is 12.8. The molecule has 9 heteroatoms. The first-order valence-electron chi connectivity index (χ1n) is 10.6. The molecule has 32 heavy (non-hydrogen) atoms. The van der Waals surface area contributed by atoms with Gasteiger partial charge in [-0.25, -0.2) is 8.42 Å². The number of phenolic OH excluding ortho intramolecular Hbond substituents is 1. The number of benzene rings is 2. The minimum absolute atomic E-state index is 0.118. The summed E-state index contributed by atoms with van der Waals surface area (Å²) in [6.45, 7) is 2.87. The zero-order valence-electron chi connectivity index (χ0n) is 17.8. The standard InChI is InChI=1S/C23H26N4O4S/c1-16-7-6-8-19(22(16)28)20-15-21(26-25-20)23(29)24-17-9-11-18(12-10-17)32(30,31)27-13-4-2-3-5-14-27/h6-12,15,28H,2-5,13-14H2,1H3,(H,24,29)(H,25,26). The smallest absolute Gasteiger partial charge is 0.273 e. The van der Waals surface area contributed by atoms with E-state index < -0.39 is 15.9 Å². The third-order valence-electron chi connectivity index (χ3n) is 5.65. The Balaban J connectivity index is 1.46. The van der Waals surface area contributed by atoms with Crippen molar-refractivity contribution in [3.8, 4) is 17.0 Å². The molecule has 168 valence electrons. The average Bonchev–Trinajstić information content (AvgIpc) is 3.10. The van der Waals surface area contributed by atoms with Crippen molar-refractivity contribution in [1.29, 1.82) is 0 Å². The second kappa shape index (κ2) is 9.13. The van der Waals surface area contributed by atoms with Gasteiger partial charge in [-0.2, -0.15) is 9.40 Å². The number of phenols is 1. The maximum Gasteiger partial charge on any atom is 0.273 e.